The van der Waals surface area contributed by atoms with Gasteiger partial charge in [-0.3, -0.25) is 0 Å². The lowest BCUT2D eigenvalue weighted by molar-refractivity contribution is 0.532. The zero-order valence-corrected chi connectivity index (χ0v) is 8.17. The van der Waals surface area contributed by atoms with E-state index in [9.17, 15) is 0 Å². The van der Waals surface area contributed by atoms with Crippen LogP contribution >= 0.6 is 0 Å². The van der Waals surface area contributed by atoms with E-state index in [4.69, 9.17) is 6.42 Å². The lowest BCUT2D eigenvalue weighted by atomic mass is 10.2. The van der Waals surface area contributed by atoms with Gasteiger partial charge >= 0.3 is 0 Å². The zero-order chi connectivity index (χ0) is 10.5. The predicted molar refractivity (Wildman–Crippen MR) is 56.7 cm³/mol. The molecule has 2 rings (SSSR count). The average molecular weight is 198 g/mol. The van der Waals surface area contributed by atoms with Crippen molar-refractivity contribution in [3.8, 4) is 23.7 Å². The Balaban J connectivity index is 2.18. The molecule has 0 N–H and O–H groups in total. The fourth-order valence-electron chi connectivity index (χ4n) is 1.21. The minimum absolute atomic E-state index is 0.607. The summed E-state index contributed by atoms with van der Waals surface area (Å²) < 4.78 is 0. The number of rotatable bonds is 3. The molecule has 0 radical (unpaired) electrons. The number of aryl methyl sites for hydroxylation is 1. The van der Waals surface area contributed by atoms with Gasteiger partial charge in [0, 0.05) is 12.0 Å². The molecule has 15 heavy (non-hydrogen) atoms. The van der Waals surface area contributed by atoms with Gasteiger partial charge in [-0.25, -0.2) is 0 Å². The molecule has 0 atom stereocenters. The lowest BCUT2D eigenvalue weighted by Crippen LogP contribution is -2.01. The maximum atomic E-state index is 5.15. The number of benzene rings is 1. The van der Waals surface area contributed by atoms with Crippen LogP contribution in [0.4, 0.5) is 0 Å². The molecule has 1 aromatic heterocycles. The molecular formula is C11H10N4. The quantitative estimate of drug-likeness (QED) is 0.699. The van der Waals surface area contributed by atoms with Crippen LogP contribution in [0.2, 0.25) is 0 Å². The van der Waals surface area contributed by atoms with Crippen LogP contribution in [-0.4, -0.2) is 20.2 Å². The second kappa shape index (κ2) is 4.38. The normalized spacial score (nSPS) is 9.80. The first kappa shape index (κ1) is 9.41. The monoisotopic (exact) mass is 198 g/mol. The van der Waals surface area contributed by atoms with Crippen LogP contribution in [0.1, 0.15) is 6.42 Å². The molecule has 74 valence electrons. The molecule has 0 aliphatic rings. The number of hydrogen-bond donors (Lipinski definition) is 0. The molecule has 0 aliphatic heterocycles. The molecule has 0 amide bonds. The van der Waals surface area contributed by atoms with Gasteiger partial charge in [0.15, 0.2) is 0 Å². The van der Waals surface area contributed by atoms with Crippen LogP contribution in [0.25, 0.3) is 11.4 Å². The van der Waals surface area contributed by atoms with Gasteiger partial charge in [0.1, 0.15) is 0 Å². The largest absolute Gasteiger partial charge is 0.204 e. The summed E-state index contributed by atoms with van der Waals surface area (Å²) in [5.41, 5.74) is 0.962. The molecule has 0 bridgehead atoms. The molecule has 0 spiro atoms. The maximum Gasteiger partial charge on any atom is 0.204 e. The van der Waals surface area contributed by atoms with E-state index < -0.39 is 0 Å². The first-order valence-corrected chi connectivity index (χ1v) is 4.67. The highest BCUT2D eigenvalue weighted by atomic mass is 15.6. The van der Waals surface area contributed by atoms with Crippen LogP contribution in [0.15, 0.2) is 30.3 Å². The standard InChI is InChI=1S/C11H10N4/c1-2-3-9-15-13-11(12-14-15)10-7-5-4-6-8-10/h1,4-8H,3,9H2. The Labute approximate surface area is 87.9 Å². The second-order valence-electron chi connectivity index (χ2n) is 3.03. The maximum absolute atomic E-state index is 5.15. The molecule has 4 heteroatoms. The van der Waals surface area contributed by atoms with Crippen LogP contribution in [0, 0.1) is 12.3 Å². The van der Waals surface area contributed by atoms with Gasteiger partial charge in [-0.1, -0.05) is 30.3 Å². The van der Waals surface area contributed by atoms with Crippen molar-refractivity contribution < 1.29 is 0 Å². The van der Waals surface area contributed by atoms with Gasteiger partial charge < -0.3 is 0 Å². The molecule has 1 aromatic carbocycles. The summed E-state index contributed by atoms with van der Waals surface area (Å²) in [6.45, 7) is 0.607. The van der Waals surface area contributed by atoms with E-state index in [-0.39, 0.29) is 0 Å². The molecular weight excluding hydrogens is 188 g/mol. The zero-order valence-electron chi connectivity index (χ0n) is 8.17. The van der Waals surface area contributed by atoms with Crippen LogP contribution in [-0.2, 0) is 6.54 Å². The Bertz CT molecular complexity index is 467. The third kappa shape index (κ3) is 2.20. The number of terminal acetylenes is 1. The van der Waals surface area contributed by atoms with Gasteiger partial charge in [-0.15, -0.1) is 22.5 Å². The van der Waals surface area contributed by atoms with Crippen molar-refractivity contribution >= 4 is 0 Å². The summed E-state index contributed by atoms with van der Waals surface area (Å²) in [4.78, 5) is 1.52. The van der Waals surface area contributed by atoms with Crippen LogP contribution < -0.4 is 0 Å². The van der Waals surface area contributed by atoms with Crippen LogP contribution in [0.3, 0.4) is 0 Å². The van der Waals surface area contributed by atoms with Gasteiger partial charge in [-0.2, -0.15) is 4.80 Å². The van der Waals surface area contributed by atoms with Crippen molar-refractivity contribution in [1.82, 2.24) is 20.2 Å². The number of aromatic nitrogens is 4. The van der Waals surface area contributed by atoms with Crippen molar-refractivity contribution in [1.29, 1.82) is 0 Å². The summed E-state index contributed by atoms with van der Waals surface area (Å²) in [7, 11) is 0. The number of nitrogens with zero attached hydrogens (tertiary/aromatic N) is 4. The molecule has 0 saturated heterocycles. The first-order valence-electron chi connectivity index (χ1n) is 4.67. The molecule has 0 fully saturated rings. The summed E-state index contributed by atoms with van der Waals surface area (Å²) >= 11 is 0. The van der Waals surface area contributed by atoms with Gasteiger partial charge in [0.2, 0.25) is 5.82 Å². The number of hydrogen-bond acceptors (Lipinski definition) is 3. The Hall–Kier alpha value is -2.15. The highest BCUT2D eigenvalue weighted by molar-refractivity contribution is 5.52. The van der Waals surface area contributed by atoms with Crippen molar-refractivity contribution in [2.45, 2.75) is 13.0 Å². The van der Waals surface area contributed by atoms with Crippen molar-refractivity contribution in [3.63, 3.8) is 0 Å². The van der Waals surface area contributed by atoms with E-state index in [0.29, 0.717) is 18.8 Å². The molecule has 4 nitrogen and oxygen atoms in total. The van der Waals surface area contributed by atoms with E-state index >= 15 is 0 Å². The van der Waals surface area contributed by atoms with Gasteiger partial charge in [-0.05, 0) is 5.21 Å². The molecule has 0 aliphatic carbocycles. The minimum atomic E-state index is 0.607. The average Bonchev–Trinajstić information content (AvgIpc) is 2.76. The van der Waals surface area contributed by atoms with E-state index in [0.717, 1.165) is 5.56 Å². The summed E-state index contributed by atoms with van der Waals surface area (Å²) in [6.07, 6.45) is 5.77. The van der Waals surface area contributed by atoms with E-state index in [2.05, 4.69) is 21.3 Å². The number of tetrazole rings is 1. The third-order valence-electron chi connectivity index (χ3n) is 1.94. The van der Waals surface area contributed by atoms with E-state index in [1.54, 1.807) is 0 Å². The predicted octanol–water partition coefficient (Wildman–Crippen LogP) is 1.36. The Kier molecular flexibility index (Phi) is 2.75. The van der Waals surface area contributed by atoms with Crippen molar-refractivity contribution in [2.75, 3.05) is 0 Å². The first-order chi connectivity index (χ1) is 7.40. The molecule has 2 aromatic rings. The van der Waals surface area contributed by atoms with Gasteiger partial charge in [0.05, 0.1) is 6.54 Å². The smallest absolute Gasteiger partial charge is 0.163 e. The topological polar surface area (TPSA) is 43.6 Å². The van der Waals surface area contributed by atoms with Crippen molar-refractivity contribution in [3.05, 3.63) is 30.3 Å². The van der Waals surface area contributed by atoms with E-state index in [1.807, 2.05) is 30.3 Å². The fraction of sp³-hybridized carbons (Fsp3) is 0.182. The van der Waals surface area contributed by atoms with Crippen LogP contribution in [0.5, 0.6) is 0 Å². The highest BCUT2D eigenvalue weighted by Crippen LogP contribution is 2.11. The summed E-state index contributed by atoms with van der Waals surface area (Å²) in [6, 6.07) is 9.73. The lowest BCUT2D eigenvalue weighted by Gasteiger charge is -1.92. The summed E-state index contributed by atoms with van der Waals surface area (Å²) in [5, 5.41) is 12.1. The Morgan fingerprint density at radius 1 is 1.27 bits per heavy atom. The minimum Gasteiger partial charge on any atom is -0.163 e. The highest BCUT2D eigenvalue weighted by Gasteiger charge is 2.03. The molecule has 1 heterocycles. The molecule has 0 saturated carbocycles. The fourth-order valence-corrected chi connectivity index (χ4v) is 1.21. The third-order valence-corrected chi connectivity index (χ3v) is 1.94. The SMILES string of the molecule is C#CCCn1nnc(-c2ccccc2)n1. The van der Waals surface area contributed by atoms with Gasteiger partial charge in [0.25, 0.3) is 0 Å². The Morgan fingerprint density at radius 3 is 2.80 bits per heavy atom. The van der Waals surface area contributed by atoms with Crippen molar-refractivity contribution in [2.24, 2.45) is 0 Å². The van der Waals surface area contributed by atoms with E-state index in [1.165, 1.54) is 4.80 Å². The second-order valence-corrected chi connectivity index (χ2v) is 3.03. The Morgan fingerprint density at radius 2 is 2.07 bits per heavy atom. The molecule has 0 unspecified atom stereocenters. The summed E-state index contributed by atoms with van der Waals surface area (Å²) in [5.74, 6) is 3.17.